The molecule has 2 amide bonds. The lowest BCUT2D eigenvalue weighted by Crippen LogP contribution is -2.40. The number of anilines is 1. The summed E-state index contributed by atoms with van der Waals surface area (Å²) in [7, 11) is 5.80. The van der Waals surface area contributed by atoms with Crippen LogP contribution in [0.3, 0.4) is 0 Å². The van der Waals surface area contributed by atoms with Gasteiger partial charge in [-0.15, -0.1) is 0 Å². The summed E-state index contributed by atoms with van der Waals surface area (Å²) < 4.78 is 12.5. The number of amides is 2. The fourth-order valence-electron chi connectivity index (χ4n) is 2.80. The molecule has 3 rings (SSSR count). The van der Waals surface area contributed by atoms with E-state index in [0.29, 0.717) is 23.7 Å². The second-order valence-electron chi connectivity index (χ2n) is 6.26. The summed E-state index contributed by atoms with van der Waals surface area (Å²) in [5.41, 5.74) is 1.52. The highest BCUT2D eigenvalue weighted by Gasteiger charge is 2.21. The molecule has 26 heavy (non-hydrogen) atoms. The number of hydrogen-bond donors (Lipinski definition) is 2. The molecule has 138 valence electrons. The van der Waals surface area contributed by atoms with E-state index in [1.165, 1.54) is 0 Å². The number of ether oxygens (including phenoxy) is 2. The van der Waals surface area contributed by atoms with Crippen molar-refractivity contribution in [1.29, 1.82) is 0 Å². The number of fused-ring (bicyclic) bond motifs is 1. The van der Waals surface area contributed by atoms with E-state index in [2.05, 4.69) is 10.6 Å². The number of nitrogens with zero attached hydrogens (tertiary/aromatic N) is 2. The zero-order chi connectivity index (χ0) is 18.7. The third-order valence-corrected chi connectivity index (χ3v) is 4.24. The molecule has 0 radical (unpaired) electrons. The van der Waals surface area contributed by atoms with E-state index < -0.39 is 11.8 Å². The Morgan fingerprint density at radius 1 is 1.19 bits per heavy atom. The monoisotopic (exact) mass is 358 g/mol. The van der Waals surface area contributed by atoms with Gasteiger partial charge in [-0.2, -0.15) is 0 Å². The molecular weight excluding hydrogens is 336 g/mol. The fraction of sp³-hybridized carbons (Fsp3) is 0.333. The van der Waals surface area contributed by atoms with Crippen LogP contribution in [0.5, 0.6) is 11.5 Å². The van der Waals surface area contributed by atoms with Crippen LogP contribution in [-0.4, -0.2) is 48.7 Å². The van der Waals surface area contributed by atoms with Gasteiger partial charge in [0.2, 0.25) is 6.79 Å². The average molecular weight is 358 g/mol. The summed E-state index contributed by atoms with van der Waals surface area (Å²) in [6.45, 7) is 0.469. The van der Waals surface area contributed by atoms with Crippen molar-refractivity contribution in [3.63, 3.8) is 0 Å². The van der Waals surface area contributed by atoms with Crippen molar-refractivity contribution >= 4 is 17.5 Å². The number of benzene rings is 1. The van der Waals surface area contributed by atoms with Gasteiger partial charge in [-0.3, -0.25) is 14.5 Å². The highest BCUT2D eigenvalue weighted by atomic mass is 16.7. The lowest BCUT2D eigenvalue weighted by Gasteiger charge is -2.25. The van der Waals surface area contributed by atoms with Gasteiger partial charge in [0.05, 0.1) is 6.04 Å². The standard InChI is InChI=1S/C18H22N4O4/c1-21(2)14(13-5-4-8-22(13)3)10-19-17(23)18(24)20-12-6-7-15-16(9-12)26-11-25-15/h4-9,14H,10-11H2,1-3H3,(H,19,23)(H,20,24). The second kappa shape index (κ2) is 7.49. The van der Waals surface area contributed by atoms with E-state index in [0.717, 1.165) is 5.69 Å². The number of likely N-dealkylation sites (N-methyl/N-ethyl adjacent to an activating group) is 1. The van der Waals surface area contributed by atoms with Crippen LogP contribution in [0.1, 0.15) is 11.7 Å². The van der Waals surface area contributed by atoms with Gasteiger partial charge >= 0.3 is 11.8 Å². The predicted octanol–water partition coefficient (Wildman–Crippen LogP) is 1.11. The number of carbonyl (C=O) groups excluding carboxylic acids is 2. The molecule has 0 spiro atoms. The van der Waals surface area contributed by atoms with Gasteiger partial charge < -0.3 is 24.7 Å². The van der Waals surface area contributed by atoms with Gasteiger partial charge in [0, 0.05) is 37.2 Å². The minimum absolute atomic E-state index is 0.0442. The Morgan fingerprint density at radius 2 is 1.96 bits per heavy atom. The van der Waals surface area contributed by atoms with Gasteiger partial charge in [-0.25, -0.2) is 0 Å². The summed E-state index contributed by atoms with van der Waals surface area (Å²) in [5.74, 6) is -0.264. The molecule has 0 saturated heterocycles. The highest BCUT2D eigenvalue weighted by Crippen LogP contribution is 2.34. The van der Waals surface area contributed by atoms with E-state index >= 15 is 0 Å². The summed E-state index contributed by atoms with van der Waals surface area (Å²) >= 11 is 0. The molecule has 8 heteroatoms. The molecule has 0 aliphatic carbocycles. The van der Waals surface area contributed by atoms with Crippen LogP contribution in [0.25, 0.3) is 0 Å². The van der Waals surface area contributed by atoms with Gasteiger partial charge in [0.15, 0.2) is 11.5 Å². The number of carbonyl (C=O) groups is 2. The quantitative estimate of drug-likeness (QED) is 0.782. The molecule has 2 heterocycles. The zero-order valence-corrected chi connectivity index (χ0v) is 15.0. The van der Waals surface area contributed by atoms with Gasteiger partial charge in [0.1, 0.15) is 0 Å². The number of aryl methyl sites for hydroxylation is 1. The van der Waals surface area contributed by atoms with Crippen molar-refractivity contribution in [2.24, 2.45) is 7.05 Å². The van der Waals surface area contributed by atoms with Crippen molar-refractivity contribution < 1.29 is 19.1 Å². The van der Waals surface area contributed by atoms with E-state index in [9.17, 15) is 9.59 Å². The first-order chi connectivity index (χ1) is 12.5. The molecule has 2 N–H and O–H groups in total. The van der Waals surface area contributed by atoms with Gasteiger partial charge in [-0.05, 0) is 38.4 Å². The Bertz CT molecular complexity index is 815. The lowest BCUT2D eigenvalue weighted by atomic mass is 10.2. The molecule has 0 bridgehead atoms. The molecule has 0 fully saturated rings. The first kappa shape index (κ1) is 17.8. The molecule has 2 aromatic rings. The van der Waals surface area contributed by atoms with Crippen LogP contribution in [-0.2, 0) is 16.6 Å². The second-order valence-corrected chi connectivity index (χ2v) is 6.26. The number of aromatic nitrogens is 1. The largest absolute Gasteiger partial charge is 0.454 e. The Balaban J connectivity index is 1.58. The lowest BCUT2D eigenvalue weighted by molar-refractivity contribution is -0.136. The third-order valence-electron chi connectivity index (χ3n) is 4.24. The van der Waals surface area contributed by atoms with Crippen molar-refractivity contribution in [2.45, 2.75) is 6.04 Å². The van der Waals surface area contributed by atoms with E-state index in [4.69, 9.17) is 9.47 Å². The van der Waals surface area contributed by atoms with Crippen molar-refractivity contribution in [1.82, 2.24) is 14.8 Å². The summed E-state index contributed by atoms with van der Waals surface area (Å²) in [5, 5.41) is 5.26. The van der Waals surface area contributed by atoms with Crippen LogP contribution in [0.4, 0.5) is 5.69 Å². The maximum atomic E-state index is 12.2. The fourth-order valence-corrected chi connectivity index (χ4v) is 2.80. The summed E-state index contributed by atoms with van der Waals surface area (Å²) in [4.78, 5) is 26.3. The van der Waals surface area contributed by atoms with Gasteiger partial charge in [0.25, 0.3) is 0 Å². The Hall–Kier alpha value is -3.00. The first-order valence-electron chi connectivity index (χ1n) is 8.22. The topological polar surface area (TPSA) is 84.8 Å². The maximum absolute atomic E-state index is 12.2. The smallest absolute Gasteiger partial charge is 0.313 e. The molecule has 1 atom stereocenters. The van der Waals surface area contributed by atoms with Crippen molar-refractivity contribution in [3.8, 4) is 11.5 Å². The van der Waals surface area contributed by atoms with Crippen LogP contribution in [0, 0.1) is 0 Å². The minimum Gasteiger partial charge on any atom is -0.454 e. The first-order valence-corrected chi connectivity index (χ1v) is 8.22. The van der Waals surface area contributed by atoms with E-state index in [1.54, 1.807) is 18.2 Å². The number of hydrogen-bond acceptors (Lipinski definition) is 5. The maximum Gasteiger partial charge on any atom is 0.313 e. The molecule has 1 aliphatic rings. The van der Waals surface area contributed by atoms with Crippen molar-refractivity contribution in [3.05, 3.63) is 42.2 Å². The Morgan fingerprint density at radius 3 is 2.65 bits per heavy atom. The molecule has 0 saturated carbocycles. The molecule has 1 unspecified atom stereocenters. The minimum atomic E-state index is -0.728. The zero-order valence-electron chi connectivity index (χ0n) is 15.0. The van der Waals surface area contributed by atoms with Crippen molar-refractivity contribution in [2.75, 3.05) is 32.7 Å². The Kier molecular flexibility index (Phi) is 5.13. The van der Waals surface area contributed by atoms with E-state index in [-0.39, 0.29) is 12.8 Å². The molecule has 8 nitrogen and oxygen atoms in total. The van der Waals surface area contributed by atoms with Crippen LogP contribution < -0.4 is 20.1 Å². The number of nitrogens with one attached hydrogen (secondary N) is 2. The van der Waals surface area contributed by atoms with Crippen LogP contribution in [0.15, 0.2) is 36.5 Å². The third kappa shape index (κ3) is 3.80. The molecule has 1 aromatic heterocycles. The van der Waals surface area contributed by atoms with Crippen LogP contribution in [0.2, 0.25) is 0 Å². The average Bonchev–Trinajstić information content (AvgIpc) is 3.23. The normalized spacial score (nSPS) is 13.5. The predicted molar refractivity (Wildman–Crippen MR) is 96.0 cm³/mol. The SMILES string of the molecule is CN(C)C(CNC(=O)C(=O)Nc1ccc2c(c1)OCO2)c1cccn1C. The Labute approximate surface area is 151 Å². The van der Waals surface area contributed by atoms with E-state index in [1.807, 2.05) is 48.9 Å². The molecule has 1 aliphatic heterocycles. The van der Waals surface area contributed by atoms with Gasteiger partial charge in [-0.1, -0.05) is 0 Å². The molecule has 1 aromatic carbocycles. The number of rotatable bonds is 5. The summed E-state index contributed by atoms with van der Waals surface area (Å²) in [6, 6.07) is 8.86. The van der Waals surface area contributed by atoms with Crippen LogP contribution >= 0.6 is 0 Å². The summed E-state index contributed by atoms with van der Waals surface area (Å²) in [6.07, 6.45) is 1.94. The highest BCUT2D eigenvalue weighted by molar-refractivity contribution is 6.39. The molecular formula is C18H22N4O4.